The van der Waals surface area contributed by atoms with Gasteiger partial charge in [0.2, 0.25) is 0 Å². The Bertz CT molecular complexity index is 121. The molecular formula is C11H24OSi. The Morgan fingerprint density at radius 3 is 2.77 bits per heavy atom. The van der Waals surface area contributed by atoms with Crippen molar-refractivity contribution in [3.05, 3.63) is 0 Å². The molecule has 1 saturated heterocycles. The van der Waals surface area contributed by atoms with E-state index in [4.69, 9.17) is 4.74 Å². The lowest BCUT2D eigenvalue weighted by atomic mass is 10.2. The molecule has 2 atom stereocenters. The van der Waals surface area contributed by atoms with Crippen LogP contribution in [0.3, 0.4) is 0 Å². The minimum atomic E-state index is -0.537. The quantitative estimate of drug-likeness (QED) is 0.489. The van der Waals surface area contributed by atoms with Crippen molar-refractivity contribution in [1.29, 1.82) is 0 Å². The summed E-state index contributed by atoms with van der Waals surface area (Å²) in [6.45, 7) is 5.81. The summed E-state index contributed by atoms with van der Waals surface area (Å²) < 4.78 is 5.83. The molecule has 0 spiro atoms. The number of hydrogen-bond acceptors (Lipinski definition) is 1. The summed E-state index contributed by atoms with van der Waals surface area (Å²) in [5.41, 5.74) is 0.714. The van der Waals surface area contributed by atoms with Crippen molar-refractivity contribution in [3.63, 3.8) is 0 Å². The summed E-state index contributed by atoms with van der Waals surface area (Å²) >= 11 is 0. The molecule has 1 aliphatic heterocycles. The van der Waals surface area contributed by atoms with Crippen molar-refractivity contribution < 1.29 is 4.74 Å². The standard InChI is InChI=1S/C11H24OSi/c1-3-4-7-10-13(2)11-8-5-6-9-12-11/h11,13H,3-10H2,1-2H3. The third-order valence-corrected chi connectivity index (χ3v) is 6.23. The van der Waals surface area contributed by atoms with E-state index >= 15 is 0 Å². The monoisotopic (exact) mass is 200 g/mol. The molecule has 1 fully saturated rings. The fourth-order valence-corrected chi connectivity index (χ4v) is 4.69. The molecule has 1 heterocycles. The first-order valence-corrected chi connectivity index (χ1v) is 8.60. The first-order valence-electron chi connectivity index (χ1n) is 5.96. The molecule has 0 bridgehead atoms. The Balaban J connectivity index is 2.09. The van der Waals surface area contributed by atoms with Gasteiger partial charge in [0.1, 0.15) is 0 Å². The Kier molecular flexibility index (Phi) is 5.72. The predicted octanol–water partition coefficient (Wildman–Crippen LogP) is 3.14. The molecule has 1 rings (SSSR count). The van der Waals surface area contributed by atoms with Crippen molar-refractivity contribution in [2.24, 2.45) is 0 Å². The Morgan fingerprint density at radius 2 is 2.15 bits per heavy atom. The maximum atomic E-state index is 5.83. The van der Waals surface area contributed by atoms with Crippen molar-refractivity contribution >= 4 is 8.80 Å². The molecule has 78 valence electrons. The average molecular weight is 200 g/mol. The number of unbranched alkanes of at least 4 members (excludes halogenated alkanes) is 2. The first kappa shape index (κ1) is 11.3. The van der Waals surface area contributed by atoms with Gasteiger partial charge < -0.3 is 4.74 Å². The molecule has 0 aromatic heterocycles. The predicted molar refractivity (Wildman–Crippen MR) is 60.9 cm³/mol. The van der Waals surface area contributed by atoms with E-state index in [-0.39, 0.29) is 0 Å². The van der Waals surface area contributed by atoms with Gasteiger partial charge in [0.15, 0.2) is 0 Å². The molecule has 13 heavy (non-hydrogen) atoms. The van der Waals surface area contributed by atoms with Crippen LogP contribution in [0.4, 0.5) is 0 Å². The van der Waals surface area contributed by atoms with Crippen LogP contribution in [0.5, 0.6) is 0 Å². The maximum absolute atomic E-state index is 5.83. The molecule has 0 aromatic rings. The lowest BCUT2D eigenvalue weighted by Crippen LogP contribution is -2.33. The molecule has 0 saturated carbocycles. The molecule has 2 unspecified atom stereocenters. The van der Waals surface area contributed by atoms with E-state index in [0.29, 0.717) is 5.73 Å². The van der Waals surface area contributed by atoms with Gasteiger partial charge in [-0.1, -0.05) is 38.8 Å². The molecular weight excluding hydrogens is 176 g/mol. The molecule has 0 aromatic carbocycles. The van der Waals surface area contributed by atoms with Crippen molar-refractivity contribution in [3.8, 4) is 0 Å². The normalized spacial score (nSPS) is 25.8. The summed E-state index contributed by atoms with van der Waals surface area (Å²) in [5, 5.41) is 0. The number of rotatable bonds is 5. The smallest absolute Gasteiger partial charge is 0.0686 e. The van der Waals surface area contributed by atoms with Crippen LogP contribution in [-0.2, 0) is 4.74 Å². The van der Waals surface area contributed by atoms with Crippen LogP contribution in [0, 0.1) is 0 Å². The van der Waals surface area contributed by atoms with Crippen molar-refractivity contribution in [2.45, 2.75) is 63.8 Å². The van der Waals surface area contributed by atoms with Crippen LogP contribution in [0.1, 0.15) is 45.4 Å². The zero-order valence-electron chi connectivity index (χ0n) is 9.22. The molecule has 1 aliphatic rings. The highest BCUT2D eigenvalue weighted by Crippen LogP contribution is 2.18. The molecule has 0 radical (unpaired) electrons. The first-order chi connectivity index (χ1) is 6.34. The third kappa shape index (κ3) is 4.27. The molecule has 0 aliphatic carbocycles. The van der Waals surface area contributed by atoms with Gasteiger partial charge in [-0.15, -0.1) is 0 Å². The Morgan fingerprint density at radius 1 is 1.31 bits per heavy atom. The largest absolute Gasteiger partial charge is 0.382 e. The van der Waals surface area contributed by atoms with Crippen LogP contribution in [0.15, 0.2) is 0 Å². The van der Waals surface area contributed by atoms with E-state index in [0.717, 1.165) is 6.61 Å². The fourth-order valence-electron chi connectivity index (χ4n) is 2.12. The van der Waals surface area contributed by atoms with Crippen LogP contribution in [0.25, 0.3) is 0 Å². The fraction of sp³-hybridized carbons (Fsp3) is 1.00. The molecule has 1 nitrogen and oxygen atoms in total. The van der Waals surface area contributed by atoms with Gasteiger partial charge in [-0.2, -0.15) is 0 Å². The van der Waals surface area contributed by atoms with E-state index in [2.05, 4.69) is 13.5 Å². The third-order valence-electron chi connectivity index (χ3n) is 3.11. The summed E-state index contributed by atoms with van der Waals surface area (Å²) in [6, 6.07) is 1.50. The van der Waals surface area contributed by atoms with Crippen LogP contribution < -0.4 is 0 Å². The second-order valence-corrected chi connectivity index (χ2v) is 7.65. The van der Waals surface area contributed by atoms with E-state index in [1.54, 1.807) is 0 Å². The van der Waals surface area contributed by atoms with Gasteiger partial charge in [0.05, 0.1) is 8.80 Å². The minimum absolute atomic E-state index is 0.537. The summed E-state index contributed by atoms with van der Waals surface area (Å²) in [4.78, 5) is 0. The molecule has 0 N–H and O–H groups in total. The highest BCUT2D eigenvalue weighted by atomic mass is 28.3. The lowest BCUT2D eigenvalue weighted by molar-refractivity contribution is 0.0625. The SMILES string of the molecule is CCCCC[SiH](C)C1CCCCO1. The van der Waals surface area contributed by atoms with Gasteiger partial charge in [-0.25, -0.2) is 0 Å². The summed E-state index contributed by atoms with van der Waals surface area (Å²) in [6.07, 6.45) is 8.29. The van der Waals surface area contributed by atoms with Crippen LogP contribution in [-0.4, -0.2) is 21.1 Å². The lowest BCUT2D eigenvalue weighted by Gasteiger charge is -2.27. The number of hydrogen-bond donors (Lipinski definition) is 0. The van der Waals surface area contributed by atoms with Gasteiger partial charge in [-0.3, -0.25) is 0 Å². The van der Waals surface area contributed by atoms with E-state index < -0.39 is 8.80 Å². The van der Waals surface area contributed by atoms with Gasteiger partial charge >= 0.3 is 0 Å². The second-order valence-electron chi connectivity index (χ2n) is 4.38. The second kappa shape index (κ2) is 6.60. The van der Waals surface area contributed by atoms with E-state index in [9.17, 15) is 0 Å². The topological polar surface area (TPSA) is 9.23 Å². The zero-order valence-corrected chi connectivity index (χ0v) is 10.4. The minimum Gasteiger partial charge on any atom is -0.382 e. The van der Waals surface area contributed by atoms with E-state index in [1.807, 2.05) is 0 Å². The molecule has 0 amide bonds. The Labute approximate surface area is 84.5 Å². The van der Waals surface area contributed by atoms with E-state index in [1.165, 1.54) is 44.6 Å². The number of ether oxygens (including phenoxy) is 1. The Hall–Kier alpha value is 0.177. The van der Waals surface area contributed by atoms with Crippen LogP contribution >= 0.6 is 0 Å². The average Bonchev–Trinajstić information content (AvgIpc) is 2.19. The van der Waals surface area contributed by atoms with Crippen LogP contribution in [0.2, 0.25) is 12.6 Å². The highest BCUT2D eigenvalue weighted by molar-refractivity contribution is 6.58. The molecule has 2 heteroatoms. The van der Waals surface area contributed by atoms with Crippen molar-refractivity contribution in [1.82, 2.24) is 0 Å². The maximum Gasteiger partial charge on any atom is 0.0686 e. The van der Waals surface area contributed by atoms with Gasteiger partial charge in [0.25, 0.3) is 0 Å². The van der Waals surface area contributed by atoms with Gasteiger partial charge in [-0.05, 0) is 19.3 Å². The summed E-state index contributed by atoms with van der Waals surface area (Å²) in [5.74, 6) is 0. The van der Waals surface area contributed by atoms with Gasteiger partial charge in [0, 0.05) is 12.3 Å². The highest BCUT2D eigenvalue weighted by Gasteiger charge is 2.21. The summed E-state index contributed by atoms with van der Waals surface area (Å²) in [7, 11) is -0.537. The van der Waals surface area contributed by atoms with Crippen molar-refractivity contribution in [2.75, 3.05) is 6.61 Å². The zero-order chi connectivity index (χ0) is 9.52.